The monoisotopic (exact) mass is 326 g/mol. The Morgan fingerprint density at radius 2 is 2.21 bits per heavy atom. The zero-order valence-corrected chi connectivity index (χ0v) is 12.1. The van der Waals surface area contributed by atoms with E-state index in [1.165, 1.54) is 23.1 Å². The van der Waals surface area contributed by atoms with E-state index in [-0.39, 0.29) is 11.5 Å². The summed E-state index contributed by atoms with van der Waals surface area (Å²) in [5.74, 6) is -0.0490. The Bertz CT molecular complexity index is 612. The van der Waals surface area contributed by atoms with Gasteiger partial charge in [0.05, 0.1) is 12.1 Å². The molecule has 2 aromatic rings. The fourth-order valence-corrected chi connectivity index (χ4v) is 2.09. The summed E-state index contributed by atoms with van der Waals surface area (Å²) in [4.78, 5) is 13.7. The summed E-state index contributed by atoms with van der Waals surface area (Å²) < 4.78 is 18.7. The predicted molar refractivity (Wildman–Crippen MR) is 71.1 cm³/mol. The largest absolute Gasteiger partial charge is 0.361 e. The number of aromatic nitrogens is 1. The van der Waals surface area contributed by atoms with Crippen LogP contribution in [0.2, 0.25) is 0 Å². The second-order valence-electron chi connectivity index (χ2n) is 4.21. The number of hydrogen-bond acceptors (Lipinski definition) is 3. The summed E-state index contributed by atoms with van der Waals surface area (Å²) in [6.07, 6.45) is 0. The molecule has 0 bridgehead atoms. The summed E-state index contributed by atoms with van der Waals surface area (Å²) in [6.45, 7) is 2.08. The van der Waals surface area contributed by atoms with Crippen molar-refractivity contribution in [3.63, 3.8) is 0 Å². The van der Waals surface area contributed by atoms with Crippen LogP contribution >= 0.6 is 15.9 Å². The SMILES string of the molecule is Cc1cc(CN(C)C(=O)c2cc(F)ccc2Br)no1. The van der Waals surface area contributed by atoms with Crippen LogP contribution in [0.4, 0.5) is 4.39 Å². The third-order valence-corrected chi connectivity index (χ3v) is 3.27. The van der Waals surface area contributed by atoms with E-state index < -0.39 is 5.82 Å². The molecule has 6 heteroatoms. The fraction of sp³-hybridized carbons (Fsp3) is 0.231. The van der Waals surface area contributed by atoms with Crippen LogP contribution in [-0.2, 0) is 6.54 Å². The molecular formula is C13H12BrFN2O2. The van der Waals surface area contributed by atoms with Crippen LogP contribution in [0, 0.1) is 12.7 Å². The molecular weight excluding hydrogens is 315 g/mol. The Morgan fingerprint density at radius 3 is 2.84 bits per heavy atom. The first-order valence-corrected chi connectivity index (χ1v) is 6.39. The summed E-state index contributed by atoms with van der Waals surface area (Å²) in [5, 5.41) is 3.82. The first-order valence-electron chi connectivity index (χ1n) is 5.60. The fourth-order valence-electron chi connectivity index (χ4n) is 1.67. The minimum absolute atomic E-state index is 0.280. The average molecular weight is 327 g/mol. The van der Waals surface area contributed by atoms with Crippen LogP contribution in [0.25, 0.3) is 0 Å². The lowest BCUT2D eigenvalue weighted by molar-refractivity contribution is 0.0780. The highest BCUT2D eigenvalue weighted by Crippen LogP contribution is 2.20. The maximum absolute atomic E-state index is 13.2. The second kappa shape index (κ2) is 5.52. The number of halogens is 2. The van der Waals surface area contributed by atoms with Gasteiger partial charge in [0.2, 0.25) is 0 Å². The van der Waals surface area contributed by atoms with E-state index in [2.05, 4.69) is 21.1 Å². The first-order chi connectivity index (χ1) is 8.97. The summed E-state index contributed by atoms with van der Waals surface area (Å²) in [6, 6.07) is 5.76. The molecule has 1 heterocycles. The third-order valence-electron chi connectivity index (χ3n) is 2.58. The number of benzene rings is 1. The Morgan fingerprint density at radius 1 is 1.47 bits per heavy atom. The molecule has 0 fully saturated rings. The molecule has 1 amide bonds. The molecule has 0 unspecified atom stereocenters. The Labute approximate surface area is 118 Å². The van der Waals surface area contributed by atoms with Crippen molar-refractivity contribution in [2.24, 2.45) is 0 Å². The molecule has 100 valence electrons. The number of hydrogen-bond donors (Lipinski definition) is 0. The van der Waals surface area contributed by atoms with Gasteiger partial charge in [0.1, 0.15) is 17.3 Å². The third kappa shape index (κ3) is 3.20. The van der Waals surface area contributed by atoms with Crippen molar-refractivity contribution in [3.8, 4) is 0 Å². The Kier molecular flexibility index (Phi) is 3.99. The van der Waals surface area contributed by atoms with Crippen molar-refractivity contribution in [1.29, 1.82) is 0 Å². The molecule has 0 saturated carbocycles. The Balaban J connectivity index is 2.16. The van der Waals surface area contributed by atoms with E-state index in [1.54, 1.807) is 20.0 Å². The highest BCUT2D eigenvalue weighted by Gasteiger charge is 2.17. The highest BCUT2D eigenvalue weighted by atomic mass is 79.9. The maximum atomic E-state index is 13.2. The van der Waals surface area contributed by atoms with E-state index in [1.807, 2.05) is 0 Å². The Hall–Kier alpha value is -1.69. The van der Waals surface area contributed by atoms with Crippen LogP contribution in [-0.4, -0.2) is 23.0 Å². The van der Waals surface area contributed by atoms with Gasteiger partial charge in [-0.15, -0.1) is 0 Å². The van der Waals surface area contributed by atoms with Gasteiger partial charge in [-0.1, -0.05) is 5.16 Å². The quantitative estimate of drug-likeness (QED) is 0.870. The summed E-state index contributed by atoms with van der Waals surface area (Å²) in [5.41, 5.74) is 0.934. The molecule has 1 aromatic carbocycles. The van der Waals surface area contributed by atoms with Crippen LogP contribution < -0.4 is 0 Å². The molecule has 0 N–H and O–H groups in total. The number of amides is 1. The van der Waals surface area contributed by atoms with E-state index in [0.29, 0.717) is 22.5 Å². The van der Waals surface area contributed by atoms with Crippen LogP contribution in [0.3, 0.4) is 0 Å². The lowest BCUT2D eigenvalue weighted by Gasteiger charge is -2.16. The minimum atomic E-state index is -0.447. The molecule has 0 radical (unpaired) electrons. The van der Waals surface area contributed by atoms with Gasteiger partial charge < -0.3 is 9.42 Å². The standard InChI is InChI=1S/C13H12BrFN2O2/c1-8-5-10(16-19-8)7-17(2)13(18)11-6-9(15)3-4-12(11)14/h3-6H,7H2,1-2H3. The zero-order chi connectivity index (χ0) is 14.0. The second-order valence-corrected chi connectivity index (χ2v) is 5.07. The molecule has 0 atom stereocenters. The maximum Gasteiger partial charge on any atom is 0.255 e. The molecule has 1 aromatic heterocycles. The van der Waals surface area contributed by atoms with Gasteiger partial charge in [-0.3, -0.25) is 4.79 Å². The highest BCUT2D eigenvalue weighted by molar-refractivity contribution is 9.10. The molecule has 0 aliphatic rings. The van der Waals surface area contributed by atoms with E-state index in [0.717, 1.165) is 0 Å². The van der Waals surface area contributed by atoms with Gasteiger partial charge in [0.15, 0.2) is 0 Å². The van der Waals surface area contributed by atoms with E-state index in [9.17, 15) is 9.18 Å². The summed E-state index contributed by atoms with van der Waals surface area (Å²) >= 11 is 3.24. The summed E-state index contributed by atoms with van der Waals surface area (Å²) in [7, 11) is 1.63. The molecule has 0 aliphatic carbocycles. The first kappa shape index (κ1) is 13.7. The molecule has 0 saturated heterocycles. The van der Waals surface area contributed by atoms with Crippen molar-refractivity contribution >= 4 is 21.8 Å². The lowest BCUT2D eigenvalue weighted by atomic mass is 10.2. The van der Waals surface area contributed by atoms with Crippen LogP contribution in [0.5, 0.6) is 0 Å². The zero-order valence-electron chi connectivity index (χ0n) is 10.5. The van der Waals surface area contributed by atoms with Crippen molar-refractivity contribution in [1.82, 2.24) is 10.1 Å². The van der Waals surface area contributed by atoms with Crippen molar-refractivity contribution in [2.45, 2.75) is 13.5 Å². The van der Waals surface area contributed by atoms with Crippen molar-refractivity contribution in [3.05, 3.63) is 51.6 Å². The van der Waals surface area contributed by atoms with Gasteiger partial charge in [0.25, 0.3) is 5.91 Å². The van der Waals surface area contributed by atoms with Gasteiger partial charge >= 0.3 is 0 Å². The molecule has 4 nitrogen and oxygen atoms in total. The number of rotatable bonds is 3. The predicted octanol–water partition coefficient (Wildman–Crippen LogP) is 3.16. The molecule has 2 rings (SSSR count). The van der Waals surface area contributed by atoms with Gasteiger partial charge in [-0.2, -0.15) is 0 Å². The number of nitrogens with zero attached hydrogens (tertiary/aromatic N) is 2. The van der Waals surface area contributed by atoms with Crippen molar-refractivity contribution < 1.29 is 13.7 Å². The topological polar surface area (TPSA) is 46.3 Å². The number of carbonyl (C=O) groups excluding carboxylic acids is 1. The van der Waals surface area contributed by atoms with Crippen molar-refractivity contribution in [2.75, 3.05) is 7.05 Å². The number of carbonyl (C=O) groups is 1. The molecule has 0 aliphatic heterocycles. The van der Waals surface area contributed by atoms with Crippen LogP contribution in [0.15, 0.2) is 33.3 Å². The van der Waals surface area contributed by atoms with Crippen LogP contribution in [0.1, 0.15) is 21.8 Å². The number of aryl methyl sites for hydroxylation is 1. The van der Waals surface area contributed by atoms with E-state index in [4.69, 9.17) is 4.52 Å². The van der Waals surface area contributed by atoms with Gasteiger partial charge in [0, 0.05) is 17.6 Å². The molecule has 19 heavy (non-hydrogen) atoms. The normalized spacial score (nSPS) is 10.5. The average Bonchev–Trinajstić information content (AvgIpc) is 2.77. The molecule has 0 spiro atoms. The lowest BCUT2D eigenvalue weighted by Crippen LogP contribution is -2.26. The minimum Gasteiger partial charge on any atom is -0.361 e. The smallest absolute Gasteiger partial charge is 0.255 e. The van der Waals surface area contributed by atoms with Gasteiger partial charge in [-0.25, -0.2) is 4.39 Å². The van der Waals surface area contributed by atoms with Gasteiger partial charge in [-0.05, 0) is 41.1 Å². The van der Waals surface area contributed by atoms with E-state index >= 15 is 0 Å².